The molecule has 1 spiro atoms. The summed E-state index contributed by atoms with van der Waals surface area (Å²) in [6.07, 6.45) is 3.73. The normalized spacial score (nSPS) is 14.3. The largest absolute Gasteiger partial charge is 0.380 e. The number of fused-ring (bicyclic) bond motifs is 9. The van der Waals surface area contributed by atoms with Crippen molar-refractivity contribution in [2.24, 2.45) is 0 Å². The van der Waals surface area contributed by atoms with Gasteiger partial charge in [0.2, 0.25) is 0 Å². The molecule has 0 saturated heterocycles. The first-order valence-electron chi connectivity index (χ1n) is 11.8. The molecule has 3 aromatic carbocycles. The summed E-state index contributed by atoms with van der Waals surface area (Å²) < 4.78 is 5.33. The topological polar surface area (TPSA) is 38.2 Å². The minimum Gasteiger partial charge on any atom is -0.380 e. The molecule has 1 aliphatic heterocycles. The average Bonchev–Trinajstić information content (AvgIpc) is 3.21. The second kappa shape index (κ2) is 7.62. The van der Waals surface area contributed by atoms with Crippen LogP contribution in [0.15, 0.2) is 109 Å². The average molecular weight is 454 g/mol. The molecule has 0 saturated carbocycles. The number of benzene rings is 3. The Bertz CT molecular complexity index is 1480. The van der Waals surface area contributed by atoms with E-state index in [0.29, 0.717) is 6.61 Å². The third-order valence-electron chi connectivity index (χ3n) is 7.25. The Balaban J connectivity index is 1.57. The second-order valence-electron chi connectivity index (χ2n) is 9.02. The Hall–Kier alpha value is -4.28. The number of hydrogen-bond donors (Lipinski definition) is 0. The van der Waals surface area contributed by atoms with Gasteiger partial charge in [0.05, 0.1) is 34.8 Å². The number of aromatic nitrogens is 2. The highest BCUT2D eigenvalue weighted by atomic mass is 16.5. The maximum Gasteiger partial charge on any atom is 0.0937 e. The van der Waals surface area contributed by atoms with Crippen molar-refractivity contribution < 1.29 is 4.74 Å². The molecule has 0 atom stereocenters. The fourth-order valence-electron chi connectivity index (χ4n) is 5.95. The summed E-state index contributed by atoms with van der Waals surface area (Å²) in [7, 11) is 1.73. The van der Waals surface area contributed by atoms with Gasteiger partial charge in [-0.2, -0.15) is 0 Å². The van der Waals surface area contributed by atoms with Crippen molar-refractivity contribution in [2.75, 3.05) is 12.0 Å². The van der Waals surface area contributed by atoms with Crippen LogP contribution in [0.1, 0.15) is 27.8 Å². The summed E-state index contributed by atoms with van der Waals surface area (Å²) in [4.78, 5) is 12.0. The number of methoxy groups -OCH3 is 1. The molecule has 0 bridgehead atoms. The van der Waals surface area contributed by atoms with Crippen LogP contribution in [0.2, 0.25) is 0 Å². The van der Waals surface area contributed by atoms with Gasteiger partial charge in [0, 0.05) is 25.2 Å². The molecular weight excluding hydrogens is 430 g/mol. The smallest absolute Gasteiger partial charge is 0.0937 e. The number of para-hydroxylation sites is 2. The molecule has 0 unspecified atom stereocenters. The molecule has 2 aromatic heterocycles. The highest BCUT2D eigenvalue weighted by molar-refractivity contribution is 5.93. The van der Waals surface area contributed by atoms with Crippen molar-refractivity contribution >= 4 is 17.1 Å². The van der Waals surface area contributed by atoms with Gasteiger partial charge in [-0.25, -0.2) is 0 Å². The van der Waals surface area contributed by atoms with E-state index in [1.165, 1.54) is 22.3 Å². The lowest BCUT2D eigenvalue weighted by Crippen LogP contribution is -2.36. The Morgan fingerprint density at radius 2 is 1.14 bits per heavy atom. The molecule has 168 valence electrons. The highest BCUT2D eigenvalue weighted by Crippen LogP contribution is 2.62. The molecule has 0 N–H and O–H groups in total. The predicted molar refractivity (Wildman–Crippen MR) is 138 cm³/mol. The van der Waals surface area contributed by atoms with E-state index in [-0.39, 0.29) is 0 Å². The Morgan fingerprint density at radius 3 is 1.69 bits per heavy atom. The third-order valence-corrected chi connectivity index (χ3v) is 7.25. The fourth-order valence-corrected chi connectivity index (χ4v) is 5.95. The molecule has 4 nitrogen and oxygen atoms in total. The van der Waals surface area contributed by atoms with E-state index in [2.05, 4.69) is 89.8 Å². The molecule has 4 heteroatoms. The Morgan fingerprint density at radius 1 is 0.629 bits per heavy atom. The zero-order chi connectivity index (χ0) is 23.4. The molecule has 0 radical (unpaired) electrons. The van der Waals surface area contributed by atoms with Crippen LogP contribution in [0.3, 0.4) is 0 Å². The third kappa shape index (κ3) is 2.66. The van der Waals surface area contributed by atoms with E-state index in [1.807, 2.05) is 24.5 Å². The molecular formula is C31H23N3O. The van der Waals surface area contributed by atoms with Crippen molar-refractivity contribution in [2.45, 2.75) is 12.0 Å². The standard InChI is InChI=1S/C31H23N3O/c1-35-20-21-14-16-22(17-15-21)34-27-12-4-2-8-23(27)31(24-9-3-5-13-28(24)34)25-10-6-18-32-29(25)30-26(31)11-7-19-33-30/h2-19H,20H2,1H3. The van der Waals surface area contributed by atoms with Gasteiger partial charge < -0.3 is 9.64 Å². The van der Waals surface area contributed by atoms with E-state index in [0.717, 1.165) is 34.0 Å². The molecule has 2 aliphatic rings. The Labute approximate surface area is 204 Å². The summed E-state index contributed by atoms with van der Waals surface area (Å²) >= 11 is 0. The fraction of sp³-hybridized carbons (Fsp3) is 0.0968. The lowest BCUT2D eigenvalue weighted by atomic mass is 9.65. The number of rotatable bonds is 3. The lowest BCUT2D eigenvalue weighted by Gasteiger charge is -2.44. The van der Waals surface area contributed by atoms with Crippen LogP contribution < -0.4 is 4.90 Å². The molecule has 0 fully saturated rings. The SMILES string of the molecule is COCc1ccc(N2c3ccccc3C3(c4ccccc42)c2cccnc2-c2ncccc23)cc1. The van der Waals surface area contributed by atoms with Gasteiger partial charge in [-0.15, -0.1) is 0 Å². The summed E-state index contributed by atoms with van der Waals surface area (Å²) in [6.45, 7) is 0.601. The van der Waals surface area contributed by atoms with Crippen LogP contribution >= 0.6 is 0 Å². The summed E-state index contributed by atoms with van der Waals surface area (Å²) in [6, 6.07) is 34.6. The van der Waals surface area contributed by atoms with Gasteiger partial charge in [-0.1, -0.05) is 60.7 Å². The molecule has 7 rings (SSSR count). The number of nitrogens with zero attached hydrogens (tertiary/aromatic N) is 3. The van der Waals surface area contributed by atoms with E-state index < -0.39 is 5.41 Å². The van der Waals surface area contributed by atoms with E-state index in [9.17, 15) is 0 Å². The zero-order valence-electron chi connectivity index (χ0n) is 19.3. The second-order valence-corrected chi connectivity index (χ2v) is 9.02. The maximum atomic E-state index is 5.33. The van der Waals surface area contributed by atoms with Crippen molar-refractivity contribution in [1.82, 2.24) is 9.97 Å². The van der Waals surface area contributed by atoms with E-state index in [4.69, 9.17) is 14.7 Å². The van der Waals surface area contributed by atoms with Crippen LogP contribution in [-0.4, -0.2) is 17.1 Å². The van der Waals surface area contributed by atoms with Crippen molar-refractivity contribution in [3.05, 3.63) is 137 Å². The van der Waals surface area contributed by atoms with Gasteiger partial charge in [0.15, 0.2) is 0 Å². The van der Waals surface area contributed by atoms with Crippen molar-refractivity contribution in [3.8, 4) is 11.4 Å². The minimum absolute atomic E-state index is 0.479. The van der Waals surface area contributed by atoms with Crippen LogP contribution in [0.25, 0.3) is 11.4 Å². The quantitative estimate of drug-likeness (QED) is 0.296. The summed E-state index contributed by atoms with van der Waals surface area (Å²) in [5, 5.41) is 0. The van der Waals surface area contributed by atoms with Crippen LogP contribution in [-0.2, 0) is 16.8 Å². The zero-order valence-corrected chi connectivity index (χ0v) is 19.3. The monoisotopic (exact) mass is 453 g/mol. The van der Waals surface area contributed by atoms with E-state index >= 15 is 0 Å². The van der Waals surface area contributed by atoms with Gasteiger partial charge in [-0.05, 0) is 64.2 Å². The molecule has 1 aliphatic carbocycles. The van der Waals surface area contributed by atoms with Gasteiger partial charge in [-0.3, -0.25) is 9.97 Å². The van der Waals surface area contributed by atoms with Crippen LogP contribution in [0, 0.1) is 0 Å². The summed E-state index contributed by atoms with van der Waals surface area (Å²) in [5.74, 6) is 0. The van der Waals surface area contributed by atoms with Gasteiger partial charge >= 0.3 is 0 Å². The van der Waals surface area contributed by atoms with Crippen LogP contribution in [0.5, 0.6) is 0 Å². The number of anilines is 3. The molecule has 0 amide bonds. The van der Waals surface area contributed by atoms with Gasteiger partial charge in [0.1, 0.15) is 0 Å². The molecule has 5 aromatic rings. The highest BCUT2D eigenvalue weighted by Gasteiger charge is 2.52. The van der Waals surface area contributed by atoms with Crippen LogP contribution in [0.4, 0.5) is 17.1 Å². The molecule has 35 heavy (non-hydrogen) atoms. The predicted octanol–water partition coefficient (Wildman–Crippen LogP) is 6.77. The minimum atomic E-state index is -0.479. The number of pyridine rings is 2. The number of ether oxygens (including phenoxy) is 1. The Kier molecular flexibility index (Phi) is 4.38. The van der Waals surface area contributed by atoms with Gasteiger partial charge in [0.25, 0.3) is 0 Å². The van der Waals surface area contributed by atoms with E-state index in [1.54, 1.807) is 7.11 Å². The number of hydrogen-bond acceptors (Lipinski definition) is 4. The maximum absolute atomic E-state index is 5.33. The lowest BCUT2D eigenvalue weighted by molar-refractivity contribution is 0.185. The first-order chi connectivity index (χ1) is 17.3. The first-order valence-corrected chi connectivity index (χ1v) is 11.8. The van der Waals surface area contributed by atoms with Crippen molar-refractivity contribution in [3.63, 3.8) is 0 Å². The molecule has 3 heterocycles. The first kappa shape index (κ1) is 20.1. The summed E-state index contributed by atoms with van der Waals surface area (Å²) in [5.41, 5.74) is 10.9. The van der Waals surface area contributed by atoms with Crippen molar-refractivity contribution in [1.29, 1.82) is 0 Å².